The molecule has 0 bridgehead atoms. The fourth-order valence-electron chi connectivity index (χ4n) is 1.39. The van der Waals surface area contributed by atoms with E-state index >= 15 is 0 Å². The molecule has 1 aromatic carbocycles. The third-order valence-corrected chi connectivity index (χ3v) is 2.37. The number of hydrogen-bond donors (Lipinski definition) is 1. The summed E-state index contributed by atoms with van der Waals surface area (Å²) in [6.07, 6.45) is -4.75. The number of halogens is 3. The van der Waals surface area contributed by atoms with Crippen LogP contribution in [0.25, 0.3) is 0 Å². The zero-order chi connectivity index (χ0) is 16.9. The molecule has 10 heteroatoms. The lowest BCUT2D eigenvalue weighted by Gasteiger charge is -2.10. The molecule has 0 aliphatic rings. The van der Waals surface area contributed by atoms with Crippen LogP contribution in [0.4, 0.5) is 24.5 Å². The van der Waals surface area contributed by atoms with E-state index in [0.29, 0.717) is 18.2 Å². The summed E-state index contributed by atoms with van der Waals surface area (Å²) in [7, 11) is 0. The Balaban J connectivity index is 3.49. The summed E-state index contributed by atoms with van der Waals surface area (Å²) in [5, 5.41) is 38.9. The Labute approximate surface area is 121 Å². The van der Waals surface area contributed by atoms with Gasteiger partial charge in [-0.25, -0.2) is 0 Å². The second-order valence-electron chi connectivity index (χ2n) is 3.70. The van der Waals surface area contributed by atoms with Gasteiger partial charge in [-0.2, -0.15) is 29.0 Å². The fourth-order valence-corrected chi connectivity index (χ4v) is 1.39. The highest BCUT2D eigenvalue weighted by molar-refractivity contribution is 5.68. The van der Waals surface area contributed by atoms with Crippen molar-refractivity contribution in [2.45, 2.75) is 6.18 Å². The molecule has 22 heavy (non-hydrogen) atoms. The first-order valence-electron chi connectivity index (χ1n) is 5.31. The number of rotatable bonds is 3. The van der Waals surface area contributed by atoms with E-state index in [0.717, 1.165) is 0 Å². The highest BCUT2D eigenvalue weighted by atomic mass is 19.4. The molecular formula is C12H4F3N5O2. The van der Waals surface area contributed by atoms with Crippen LogP contribution in [0.2, 0.25) is 0 Å². The number of hydrogen-bond acceptors (Lipinski definition) is 6. The van der Waals surface area contributed by atoms with Gasteiger partial charge >= 0.3 is 6.18 Å². The van der Waals surface area contributed by atoms with Gasteiger partial charge in [0.15, 0.2) is 5.57 Å². The van der Waals surface area contributed by atoms with Gasteiger partial charge in [0.1, 0.15) is 29.6 Å². The Kier molecular flexibility index (Phi) is 4.68. The number of anilines is 1. The van der Waals surface area contributed by atoms with Crippen LogP contribution in [-0.2, 0) is 6.18 Å². The van der Waals surface area contributed by atoms with Crippen LogP contribution in [0.5, 0.6) is 0 Å². The molecule has 110 valence electrons. The van der Waals surface area contributed by atoms with Gasteiger partial charge in [-0.05, 0) is 12.1 Å². The molecule has 1 N–H and O–H groups in total. The minimum atomic E-state index is -4.75. The van der Waals surface area contributed by atoms with Crippen LogP contribution >= 0.6 is 0 Å². The summed E-state index contributed by atoms with van der Waals surface area (Å²) in [6.45, 7) is 0. The molecule has 1 rings (SSSR count). The number of alkyl halides is 3. The fraction of sp³-hybridized carbons (Fsp3) is 0.0833. The summed E-state index contributed by atoms with van der Waals surface area (Å²) in [5.74, 6) is 0. The van der Waals surface area contributed by atoms with Gasteiger partial charge in [0.25, 0.3) is 5.69 Å². The van der Waals surface area contributed by atoms with Crippen LogP contribution < -0.4 is 5.32 Å². The number of nitriles is 3. The third-order valence-electron chi connectivity index (χ3n) is 2.37. The van der Waals surface area contributed by atoms with Crippen molar-refractivity contribution >= 4 is 11.4 Å². The summed E-state index contributed by atoms with van der Waals surface area (Å²) in [5.41, 5.74) is -3.98. The zero-order valence-corrected chi connectivity index (χ0v) is 10.5. The van der Waals surface area contributed by atoms with Gasteiger partial charge in [-0.3, -0.25) is 10.1 Å². The quantitative estimate of drug-likeness (QED) is 0.519. The number of benzene rings is 1. The van der Waals surface area contributed by atoms with E-state index in [-0.39, 0.29) is 0 Å². The molecule has 0 amide bonds. The Hall–Kier alpha value is -3.58. The minimum Gasteiger partial charge on any atom is -0.340 e. The number of nitro groups is 1. The summed E-state index contributed by atoms with van der Waals surface area (Å²) in [4.78, 5) is 9.85. The third kappa shape index (κ3) is 3.50. The number of nitrogens with zero attached hydrogens (tertiary/aromatic N) is 4. The van der Waals surface area contributed by atoms with Crippen molar-refractivity contribution in [3.8, 4) is 18.2 Å². The Morgan fingerprint density at radius 1 is 1.18 bits per heavy atom. The van der Waals surface area contributed by atoms with Gasteiger partial charge in [0, 0.05) is 6.07 Å². The van der Waals surface area contributed by atoms with E-state index in [2.05, 4.69) is 0 Å². The van der Waals surface area contributed by atoms with E-state index in [1.807, 2.05) is 5.32 Å². The van der Waals surface area contributed by atoms with E-state index < -0.39 is 39.3 Å². The average molecular weight is 307 g/mol. The van der Waals surface area contributed by atoms with Crippen LogP contribution in [0.3, 0.4) is 0 Å². The Morgan fingerprint density at radius 2 is 1.77 bits per heavy atom. The maximum atomic E-state index is 12.6. The van der Waals surface area contributed by atoms with E-state index in [1.165, 1.54) is 18.2 Å². The topological polar surface area (TPSA) is 127 Å². The molecule has 0 aliphatic heterocycles. The van der Waals surface area contributed by atoms with Crippen molar-refractivity contribution in [3.05, 3.63) is 45.1 Å². The number of nitrogens with one attached hydrogen (secondary N) is 1. The van der Waals surface area contributed by atoms with Gasteiger partial charge < -0.3 is 5.32 Å². The minimum absolute atomic E-state index is 0.418. The van der Waals surface area contributed by atoms with E-state index in [4.69, 9.17) is 15.8 Å². The van der Waals surface area contributed by atoms with Crippen molar-refractivity contribution in [2.75, 3.05) is 5.32 Å². The van der Waals surface area contributed by atoms with Gasteiger partial charge in [0.05, 0.1) is 10.5 Å². The summed E-state index contributed by atoms with van der Waals surface area (Å²) >= 11 is 0. The molecule has 0 heterocycles. The standard InChI is InChI=1S/C12H4F3N5O2/c13-12(14,15)8-1-2-11(20(21)22)9(3-8)19-10(6-18)7(4-16)5-17/h1-3,19H. The van der Waals surface area contributed by atoms with E-state index in [1.54, 1.807) is 0 Å². The maximum Gasteiger partial charge on any atom is 0.416 e. The first-order valence-corrected chi connectivity index (χ1v) is 5.31. The zero-order valence-electron chi connectivity index (χ0n) is 10.5. The maximum absolute atomic E-state index is 12.6. The molecule has 0 unspecified atom stereocenters. The van der Waals surface area contributed by atoms with Crippen LogP contribution in [0.15, 0.2) is 29.5 Å². The molecule has 0 saturated heterocycles. The largest absolute Gasteiger partial charge is 0.416 e. The molecule has 0 saturated carbocycles. The lowest BCUT2D eigenvalue weighted by Crippen LogP contribution is -2.08. The predicted octanol–water partition coefficient (Wildman–Crippen LogP) is 2.85. The second kappa shape index (κ2) is 6.25. The van der Waals surface area contributed by atoms with Crippen LogP contribution in [-0.4, -0.2) is 4.92 Å². The molecule has 0 atom stereocenters. The number of allylic oxidation sites excluding steroid dienone is 2. The lowest BCUT2D eigenvalue weighted by atomic mass is 10.1. The SMILES string of the molecule is N#CC(C#N)=C(C#N)Nc1cc(C(F)(F)F)ccc1[N+](=O)[O-]. The van der Waals surface area contributed by atoms with Crippen molar-refractivity contribution in [2.24, 2.45) is 0 Å². The predicted molar refractivity (Wildman–Crippen MR) is 65.6 cm³/mol. The van der Waals surface area contributed by atoms with Crippen molar-refractivity contribution in [3.63, 3.8) is 0 Å². The first-order chi connectivity index (χ1) is 10.2. The molecule has 0 aliphatic carbocycles. The molecule has 0 radical (unpaired) electrons. The van der Waals surface area contributed by atoms with Crippen LogP contribution in [0.1, 0.15) is 5.56 Å². The van der Waals surface area contributed by atoms with Crippen LogP contribution in [0, 0.1) is 44.1 Å². The average Bonchev–Trinajstić information content (AvgIpc) is 2.45. The highest BCUT2D eigenvalue weighted by Gasteiger charge is 2.32. The molecule has 7 nitrogen and oxygen atoms in total. The van der Waals surface area contributed by atoms with Gasteiger partial charge in [-0.15, -0.1) is 0 Å². The van der Waals surface area contributed by atoms with Crippen molar-refractivity contribution in [1.29, 1.82) is 15.8 Å². The second-order valence-corrected chi connectivity index (χ2v) is 3.70. The molecule has 0 fully saturated rings. The summed E-state index contributed by atoms with van der Waals surface area (Å²) < 4.78 is 37.9. The van der Waals surface area contributed by atoms with Crippen molar-refractivity contribution < 1.29 is 18.1 Å². The molecular weight excluding hydrogens is 303 g/mol. The lowest BCUT2D eigenvalue weighted by molar-refractivity contribution is -0.384. The first kappa shape index (κ1) is 16.5. The highest BCUT2D eigenvalue weighted by Crippen LogP contribution is 2.35. The Morgan fingerprint density at radius 3 is 2.18 bits per heavy atom. The smallest absolute Gasteiger partial charge is 0.340 e. The molecule has 1 aromatic rings. The summed E-state index contributed by atoms with van der Waals surface area (Å²) in [6, 6.07) is 5.65. The Bertz CT molecular complexity index is 762. The molecule has 0 aromatic heterocycles. The number of nitro benzene ring substituents is 1. The van der Waals surface area contributed by atoms with Gasteiger partial charge in [0.2, 0.25) is 0 Å². The van der Waals surface area contributed by atoms with Gasteiger partial charge in [-0.1, -0.05) is 0 Å². The van der Waals surface area contributed by atoms with Crippen molar-refractivity contribution in [1.82, 2.24) is 0 Å². The monoisotopic (exact) mass is 307 g/mol. The van der Waals surface area contributed by atoms with E-state index in [9.17, 15) is 23.3 Å². The normalized spacial score (nSPS) is 9.82. The molecule has 0 spiro atoms.